The van der Waals surface area contributed by atoms with Crippen LogP contribution in [-0.2, 0) is 16.1 Å². The van der Waals surface area contributed by atoms with E-state index in [9.17, 15) is 14.4 Å². The van der Waals surface area contributed by atoms with Crippen molar-refractivity contribution in [3.05, 3.63) is 53.6 Å². The Kier molecular flexibility index (Phi) is 4.75. The fourth-order valence-electron chi connectivity index (χ4n) is 3.33. The van der Waals surface area contributed by atoms with Crippen molar-refractivity contribution in [2.75, 3.05) is 11.7 Å². The third-order valence-electron chi connectivity index (χ3n) is 4.88. The number of nitrogens with zero attached hydrogens (tertiary/aromatic N) is 2. The third kappa shape index (κ3) is 3.44. The molecular weight excluding hydrogens is 374 g/mol. The van der Waals surface area contributed by atoms with Gasteiger partial charge < -0.3 is 9.47 Å². The lowest BCUT2D eigenvalue weighted by Gasteiger charge is -2.31. The molecule has 4 rings (SSSR count). The van der Waals surface area contributed by atoms with E-state index in [0.717, 1.165) is 16.0 Å². The number of amides is 4. The summed E-state index contributed by atoms with van der Waals surface area (Å²) in [7, 11) is 0. The maximum absolute atomic E-state index is 13.0. The van der Waals surface area contributed by atoms with Crippen molar-refractivity contribution in [2.24, 2.45) is 10.9 Å². The molecule has 4 amide bonds. The van der Waals surface area contributed by atoms with Gasteiger partial charge in [0.15, 0.2) is 17.4 Å². The van der Waals surface area contributed by atoms with Crippen LogP contribution < -0.4 is 19.7 Å². The van der Waals surface area contributed by atoms with Crippen LogP contribution in [0.2, 0.25) is 0 Å². The SMILES string of the molecule is CC(=NCc1ccc2c(c1)OCO2)[C@H]1C(=O)NC(=O)N(c2ccccc2C)C1=O. The predicted octanol–water partition coefficient (Wildman–Crippen LogP) is 2.58. The number of aliphatic imine (C=N–C) groups is 1. The van der Waals surface area contributed by atoms with Gasteiger partial charge in [-0.2, -0.15) is 0 Å². The Morgan fingerprint density at radius 2 is 1.90 bits per heavy atom. The highest BCUT2D eigenvalue weighted by atomic mass is 16.7. The zero-order valence-corrected chi connectivity index (χ0v) is 16.0. The Morgan fingerprint density at radius 3 is 2.69 bits per heavy atom. The molecule has 1 atom stereocenters. The lowest BCUT2D eigenvalue weighted by Crippen LogP contribution is -2.60. The van der Waals surface area contributed by atoms with E-state index in [4.69, 9.17) is 9.47 Å². The first kappa shape index (κ1) is 18.7. The number of carbonyl (C=O) groups excluding carboxylic acids is 3. The lowest BCUT2D eigenvalue weighted by molar-refractivity contribution is -0.131. The topological polar surface area (TPSA) is 97.3 Å². The van der Waals surface area contributed by atoms with Crippen molar-refractivity contribution >= 4 is 29.2 Å². The number of fused-ring (bicyclic) bond motifs is 1. The van der Waals surface area contributed by atoms with Gasteiger partial charge in [0.25, 0.3) is 5.91 Å². The second kappa shape index (κ2) is 7.38. The van der Waals surface area contributed by atoms with E-state index >= 15 is 0 Å². The fourth-order valence-corrected chi connectivity index (χ4v) is 3.33. The third-order valence-corrected chi connectivity index (χ3v) is 4.88. The first-order chi connectivity index (χ1) is 14.0. The van der Waals surface area contributed by atoms with Gasteiger partial charge in [-0.15, -0.1) is 0 Å². The van der Waals surface area contributed by atoms with Crippen LogP contribution in [0.4, 0.5) is 10.5 Å². The van der Waals surface area contributed by atoms with E-state index in [1.165, 1.54) is 0 Å². The number of imide groups is 2. The van der Waals surface area contributed by atoms with E-state index in [-0.39, 0.29) is 13.3 Å². The fraction of sp³-hybridized carbons (Fsp3) is 0.238. The van der Waals surface area contributed by atoms with Gasteiger partial charge >= 0.3 is 6.03 Å². The van der Waals surface area contributed by atoms with Crippen LogP contribution in [0, 0.1) is 12.8 Å². The van der Waals surface area contributed by atoms with Gasteiger partial charge in [0.1, 0.15) is 0 Å². The molecule has 1 saturated heterocycles. The van der Waals surface area contributed by atoms with Gasteiger partial charge in [-0.05, 0) is 43.2 Å². The number of urea groups is 1. The first-order valence-corrected chi connectivity index (χ1v) is 9.09. The molecule has 2 aliphatic rings. The number of benzene rings is 2. The Hall–Kier alpha value is -3.68. The molecule has 0 aliphatic carbocycles. The van der Waals surface area contributed by atoms with Gasteiger partial charge in [0.05, 0.1) is 12.2 Å². The molecule has 0 aromatic heterocycles. The summed E-state index contributed by atoms with van der Waals surface area (Å²) in [5, 5.41) is 2.26. The summed E-state index contributed by atoms with van der Waals surface area (Å²) in [6, 6.07) is 11.7. The number of carbonyl (C=O) groups is 3. The van der Waals surface area contributed by atoms with Crippen molar-refractivity contribution in [3.8, 4) is 11.5 Å². The van der Waals surface area contributed by atoms with Crippen LogP contribution in [0.3, 0.4) is 0 Å². The minimum atomic E-state index is -1.17. The van der Waals surface area contributed by atoms with Crippen molar-refractivity contribution < 1.29 is 23.9 Å². The number of ether oxygens (including phenoxy) is 2. The average molecular weight is 393 g/mol. The smallest absolute Gasteiger partial charge is 0.335 e. The van der Waals surface area contributed by atoms with Gasteiger partial charge in [-0.25, -0.2) is 9.69 Å². The van der Waals surface area contributed by atoms with Crippen LogP contribution in [0.25, 0.3) is 0 Å². The van der Waals surface area contributed by atoms with Crippen molar-refractivity contribution in [2.45, 2.75) is 20.4 Å². The maximum atomic E-state index is 13.0. The Labute approximate surface area is 167 Å². The average Bonchev–Trinajstić information content (AvgIpc) is 3.15. The summed E-state index contributed by atoms with van der Waals surface area (Å²) in [6.45, 7) is 3.85. The number of hydrogen-bond donors (Lipinski definition) is 1. The molecule has 1 fully saturated rings. The standard InChI is InChI=1S/C21H19N3O5/c1-12-5-3-4-6-15(12)24-20(26)18(19(25)23-21(24)27)13(2)22-10-14-7-8-16-17(9-14)29-11-28-16/h3-9,18H,10-11H2,1-2H3,(H,23,25,27)/t18-/m0/s1. The maximum Gasteiger partial charge on any atom is 0.335 e. The summed E-state index contributed by atoms with van der Waals surface area (Å²) in [6.07, 6.45) is 0. The number of barbiturate groups is 1. The molecule has 0 unspecified atom stereocenters. The largest absolute Gasteiger partial charge is 0.454 e. The molecule has 2 aliphatic heterocycles. The molecule has 2 aromatic rings. The van der Waals surface area contributed by atoms with Crippen molar-refractivity contribution in [1.82, 2.24) is 5.32 Å². The van der Waals surface area contributed by atoms with Crippen LogP contribution >= 0.6 is 0 Å². The zero-order chi connectivity index (χ0) is 20.5. The van der Waals surface area contributed by atoms with Crippen LogP contribution in [0.5, 0.6) is 11.5 Å². The highest BCUT2D eigenvalue weighted by molar-refractivity contribution is 6.35. The van der Waals surface area contributed by atoms with Gasteiger partial charge in [-0.3, -0.25) is 19.9 Å². The molecule has 29 heavy (non-hydrogen) atoms. The Balaban J connectivity index is 1.58. The summed E-state index contributed by atoms with van der Waals surface area (Å²) in [5.74, 6) is -1.14. The highest BCUT2D eigenvalue weighted by Gasteiger charge is 2.43. The molecule has 1 N–H and O–H groups in total. The molecular formula is C21H19N3O5. The quantitative estimate of drug-likeness (QED) is 0.636. The van der Waals surface area contributed by atoms with Crippen molar-refractivity contribution in [1.29, 1.82) is 0 Å². The van der Waals surface area contributed by atoms with E-state index in [1.54, 1.807) is 38.1 Å². The van der Waals surface area contributed by atoms with Crippen molar-refractivity contribution in [3.63, 3.8) is 0 Å². The summed E-state index contributed by atoms with van der Waals surface area (Å²) in [5.41, 5.74) is 2.37. The molecule has 0 spiro atoms. The van der Waals surface area contributed by atoms with Gasteiger partial charge in [0.2, 0.25) is 12.7 Å². The Morgan fingerprint density at radius 1 is 1.14 bits per heavy atom. The predicted molar refractivity (Wildman–Crippen MR) is 105 cm³/mol. The Bertz CT molecular complexity index is 1050. The summed E-state index contributed by atoms with van der Waals surface area (Å²) < 4.78 is 10.6. The second-order valence-corrected chi connectivity index (χ2v) is 6.83. The van der Waals surface area contributed by atoms with E-state index in [2.05, 4.69) is 10.3 Å². The minimum absolute atomic E-state index is 0.181. The number of hydrogen-bond acceptors (Lipinski definition) is 6. The number of nitrogens with one attached hydrogen (secondary N) is 1. The molecule has 8 heteroatoms. The highest BCUT2D eigenvalue weighted by Crippen LogP contribution is 2.32. The lowest BCUT2D eigenvalue weighted by atomic mass is 9.98. The van der Waals surface area contributed by atoms with Gasteiger partial charge in [-0.1, -0.05) is 24.3 Å². The molecule has 2 aromatic carbocycles. The van der Waals surface area contributed by atoms with Crippen LogP contribution in [-0.4, -0.2) is 30.4 Å². The molecule has 148 valence electrons. The number of para-hydroxylation sites is 1. The molecule has 8 nitrogen and oxygen atoms in total. The van der Waals surface area contributed by atoms with Crippen LogP contribution in [0.1, 0.15) is 18.1 Å². The minimum Gasteiger partial charge on any atom is -0.454 e. The van der Waals surface area contributed by atoms with Gasteiger partial charge in [0, 0.05) is 5.71 Å². The van der Waals surface area contributed by atoms with E-state index in [0.29, 0.717) is 22.9 Å². The molecule has 2 heterocycles. The second-order valence-electron chi connectivity index (χ2n) is 6.83. The molecule has 0 radical (unpaired) electrons. The van der Waals surface area contributed by atoms with E-state index in [1.807, 2.05) is 18.2 Å². The normalized spacial score (nSPS) is 18.8. The number of rotatable bonds is 4. The summed E-state index contributed by atoms with van der Waals surface area (Å²) in [4.78, 5) is 43.2. The first-order valence-electron chi connectivity index (χ1n) is 9.09. The van der Waals surface area contributed by atoms with Crippen LogP contribution in [0.15, 0.2) is 47.5 Å². The number of anilines is 1. The molecule has 0 bridgehead atoms. The van der Waals surface area contributed by atoms with E-state index < -0.39 is 23.8 Å². The number of aryl methyl sites for hydroxylation is 1. The monoisotopic (exact) mass is 393 g/mol. The molecule has 0 saturated carbocycles. The summed E-state index contributed by atoms with van der Waals surface area (Å²) >= 11 is 0. The zero-order valence-electron chi connectivity index (χ0n) is 16.0.